The normalized spacial score (nSPS) is 12.0. The fourth-order valence-corrected chi connectivity index (χ4v) is 2.03. The Morgan fingerprint density at radius 2 is 2.10 bits per heavy atom. The molecule has 1 amide bonds. The second kappa shape index (κ2) is 8.39. The van der Waals surface area contributed by atoms with Crippen molar-refractivity contribution in [2.45, 2.75) is 32.7 Å². The number of aryl methyl sites for hydroxylation is 2. The number of nitrogens with one attached hydrogen (secondary N) is 1. The summed E-state index contributed by atoms with van der Waals surface area (Å²) in [6.07, 6.45) is 0.309. The molecule has 0 unspecified atom stereocenters. The topological polar surface area (TPSA) is 106 Å². The molecule has 1 aromatic rings. The van der Waals surface area contributed by atoms with Crippen LogP contribution in [0.15, 0.2) is 18.2 Å². The number of rotatable bonds is 8. The van der Waals surface area contributed by atoms with Crippen LogP contribution in [-0.2, 0) is 9.59 Å². The van der Waals surface area contributed by atoms with Crippen LogP contribution in [0.3, 0.4) is 0 Å². The summed E-state index contributed by atoms with van der Waals surface area (Å²) in [5.74, 6) is -1.64. The van der Waals surface area contributed by atoms with Gasteiger partial charge in [-0.25, -0.2) is 0 Å². The third kappa shape index (κ3) is 5.93. The molecule has 0 aliphatic heterocycles. The highest BCUT2D eigenvalue weighted by atomic mass is 16.4. The van der Waals surface area contributed by atoms with Crippen molar-refractivity contribution in [1.82, 2.24) is 0 Å². The maximum absolute atomic E-state index is 11.9. The molecule has 0 aromatic heterocycles. The van der Waals surface area contributed by atoms with E-state index in [2.05, 4.69) is 5.32 Å². The van der Waals surface area contributed by atoms with Crippen LogP contribution in [0.1, 0.15) is 24.0 Å². The van der Waals surface area contributed by atoms with Crippen molar-refractivity contribution in [3.8, 4) is 0 Å². The van der Waals surface area contributed by atoms with E-state index in [1.54, 1.807) is 6.07 Å². The Kier molecular flexibility index (Phi) is 6.84. The standard InChI is InChI=1S/C15H22N2O4/c1-10-4-5-12(11(2)8-10)17-14(19)9-13(15(20)21)16-6-3-7-18/h4-5,8,13,16,18H,3,6-7,9H2,1-2H3,(H,17,19)(H,20,21)/t13-/m0/s1. The predicted octanol–water partition coefficient (Wildman–Crippen LogP) is -1.30. The van der Waals surface area contributed by atoms with Crippen LogP contribution in [0.5, 0.6) is 0 Å². The van der Waals surface area contributed by atoms with E-state index in [1.165, 1.54) is 5.32 Å². The lowest BCUT2D eigenvalue weighted by Gasteiger charge is -2.16. The molecule has 21 heavy (non-hydrogen) atoms. The van der Waals surface area contributed by atoms with E-state index in [0.717, 1.165) is 11.1 Å². The molecule has 0 fully saturated rings. The second-order valence-corrected chi connectivity index (χ2v) is 5.10. The van der Waals surface area contributed by atoms with Crippen LogP contribution in [0, 0.1) is 13.8 Å². The van der Waals surface area contributed by atoms with E-state index in [9.17, 15) is 14.7 Å². The van der Waals surface area contributed by atoms with E-state index in [4.69, 9.17) is 5.11 Å². The van der Waals surface area contributed by atoms with Crippen molar-refractivity contribution in [3.63, 3.8) is 0 Å². The van der Waals surface area contributed by atoms with Gasteiger partial charge in [-0.1, -0.05) is 17.7 Å². The van der Waals surface area contributed by atoms with Gasteiger partial charge in [0.2, 0.25) is 5.91 Å². The number of quaternary nitrogens is 1. The Morgan fingerprint density at radius 3 is 2.67 bits per heavy atom. The fraction of sp³-hybridized carbons (Fsp3) is 0.467. The van der Waals surface area contributed by atoms with Crippen LogP contribution in [0.2, 0.25) is 0 Å². The summed E-state index contributed by atoms with van der Waals surface area (Å²) in [5, 5.41) is 23.9. The smallest absolute Gasteiger partial charge is 0.230 e. The van der Waals surface area contributed by atoms with Crippen LogP contribution in [0.4, 0.5) is 5.69 Å². The molecule has 1 atom stereocenters. The third-order valence-electron chi connectivity index (χ3n) is 3.18. The number of carbonyl (C=O) groups is 2. The van der Waals surface area contributed by atoms with Gasteiger partial charge in [0.05, 0.1) is 18.9 Å². The van der Waals surface area contributed by atoms with Gasteiger partial charge in [0, 0.05) is 18.7 Å². The van der Waals surface area contributed by atoms with Gasteiger partial charge in [-0.15, -0.1) is 0 Å². The summed E-state index contributed by atoms with van der Waals surface area (Å²) in [7, 11) is 0. The number of anilines is 1. The fourth-order valence-electron chi connectivity index (χ4n) is 2.03. The number of aliphatic hydroxyl groups excluding tert-OH is 1. The molecule has 1 aromatic carbocycles. The third-order valence-corrected chi connectivity index (χ3v) is 3.18. The number of carbonyl (C=O) groups excluding carboxylic acids is 2. The molecule has 1 rings (SSSR count). The Hall–Kier alpha value is -1.92. The monoisotopic (exact) mass is 294 g/mol. The van der Waals surface area contributed by atoms with Gasteiger partial charge in [0.25, 0.3) is 0 Å². The highest BCUT2D eigenvalue weighted by Crippen LogP contribution is 2.16. The van der Waals surface area contributed by atoms with Crippen molar-refractivity contribution in [2.24, 2.45) is 0 Å². The number of nitrogens with two attached hydrogens (primary N) is 1. The number of hydrogen-bond donors (Lipinski definition) is 3. The van der Waals surface area contributed by atoms with Gasteiger partial charge in [-0.3, -0.25) is 4.79 Å². The zero-order valence-electron chi connectivity index (χ0n) is 12.4. The summed E-state index contributed by atoms with van der Waals surface area (Å²) < 4.78 is 0. The summed E-state index contributed by atoms with van der Waals surface area (Å²) >= 11 is 0. The first-order valence-corrected chi connectivity index (χ1v) is 6.96. The molecular formula is C15H22N2O4. The summed E-state index contributed by atoms with van der Waals surface area (Å²) in [4.78, 5) is 22.9. The maximum Gasteiger partial charge on any atom is 0.230 e. The molecule has 0 saturated carbocycles. The molecule has 0 radical (unpaired) electrons. The number of carboxylic acid groups (broad SMARTS) is 1. The molecule has 0 bridgehead atoms. The molecule has 6 nitrogen and oxygen atoms in total. The zero-order chi connectivity index (χ0) is 15.8. The van der Waals surface area contributed by atoms with Gasteiger partial charge in [-0.05, 0) is 25.5 Å². The maximum atomic E-state index is 11.9. The average molecular weight is 294 g/mol. The van der Waals surface area contributed by atoms with E-state index in [-0.39, 0.29) is 18.9 Å². The number of aliphatic hydroxyl groups is 1. The van der Waals surface area contributed by atoms with Crippen LogP contribution in [0.25, 0.3) is 0 Å². The Morgan fingerprint density at radius 1 is 1.38 bits per heavy atom. The van der Waals surface area contributed by atoms with Gasteiger partial charge in [0.15, 0.2) is 0 Å². The van der Waals surface area contributed by atoms with Crippen LogP contribution < -0.4 is 15.7 Å². The molecule has 0 heterocycles. The summed E-state index contributed by atoms with van der Waals surface area (Å²) in [5.41, 5.74) is 2.70. The summed E-state index contributed by atoms with van der Waals surface area (Å²) in [6.45, 7) is 4.27. The largest absolute Gasteiger partial charge is 0.544 e. The van der Waals surface area contributed by atoms with Gasteiger partial charge < -0.3 is 25.6 Å². The number of amides is 1. The molecular weight excluding hydrogens is 272 g/mol. The lowest BCUT2D eigenvalue weighted by Crippen LogP contribution is -2.93. The van der Waals surface area contributed by atoms with Crippen molar-refractivity contribution >= 4 is 17.6 Å². The van der Waals surface area contributed by atoms with E-state index in [1.807, 2.05) is 26.0 Å². The van der Waals surface area contributed by atoms with Crippen LogP contribution >= 0.6 is 0 Å². The minimum absolute atomic E-state index is 0.00890. The van der Waals surface area contributed by atoms with Gasteiger partial charge in [-0.2, -0.15) is 0 Å². The minimum atomic E-state index is -1.27. The quantitative estimate of drug-likeness (QED) is 0.518. The van der Waals surface area contributed by atoms with Crippen molar-refractivity contribution in [1.29, 1.82) is 0 Å². The highest BCUT2D eigenvalue weighted by molar-refractivity contribution is 5.94. The Labute approximate surface area is 124 Å². The first-order valence-electron chi connectivity index (χ1n) is 6.96. The lowest BCUT2D eigenvalue weighted by molar-refractivity contribution is -0.682. The van der Waals surface area contributed by atoms with Crippen LogP contribution in [-0.4, -0.2) is 36.2 Å². The number of benzene rings is 1. The van der Waals surface area contributed by atoms with Gasteiger partial charge in [0.1, 0.15) is 6.04 Å². The Balaban J connectivity index is 2.59. The zero-order valence-corrected chi connectivity index (χ0v) is 12.4. The minimum Gasteiger partial charge on any atom is -0.544 e. The molecule has 4 N–H and O–H groups in total. The molecule has 6 heteroatoms. The number of hydrogen-bond acceptors (Lipinski definition) is 4. The SMILES string of the molecule is Cc1ccc(NC(=O)C[C@H]([NH2+]CCCO)C(=O)[O-])c(C)c1. The number of carboxylic acids is 1. The second-order valence-electron chi connectivity index (χ2n) is 5.10. The summed E-state index contributed by atoms with van der Waals surface area (Å²) in [6, 6.07) is 4.68. The van der Waals surface area contributed by atoms with E-state index >= 15 is 0 Å². The van der Waals surface area contributed by atoms with E-state index in [0.29, 0.717) is 18.7 Å². The molecule has 0 saturated heterocycles. The van der Waals surface area contributed by atoms with Crippen molar-refractivity contribution in [2.75, 3.05) is 18.5 Å². The first-order chi connectivity index (χ1) is 9.93. The van der Waals surface area contributed by atoms with Crippen molar-refractivity contribution in [3.05, 3.63) is 29.3 Å². The molecule has 116 valence electrons. The van der Waals surface area contributed by atoms with Crippen molar-refractivity contribution < 1.29 is 25.1 Å². The molecule has 0 aliphatic rings. The molecule has 0 aliphatic carbocycles. The van der Waals surface area contributed by atoms with Gasteiger partial charge >= 0.3 is 0 Å². The highest BCUT2D eigenvalue weighted by Gasteiger charge is 2.18. The van der Waals surface area contributed by atoms with E-state index < -0.39 is 12.0 Å². The lowest BCUT2D eigenvalue weighted by atomic mass is 10.1. The Bertz CT molecular complexity index is 502. The predicted molar refractivity (Wildman–Crippen MR) is 76.5 cm³/mol. The number of aliphatic carboxylic acids is 1. The molecule has 0 spiro atoms. The average Bonchev–Trinajstić information content (AvgIpc) is 2.41. The first kappa shape index (κ1) is 17.1.